The number of carbonyl (C=O) groups is 1. The number of aliphatic carboxylic acids is 1. The Labute approximate surface area is 116 Å². The van der Waals surface area contributed by atoms with Gasteiger partial charge in [0.15, 0.2) is 0 Å². The molecule has 0 saturated heterocycles. The van der Waals surface area contributed by atoms with Crippen molar-refractivity contribution in [2.75, 3.05) is 0 Å². The fraction of sp³-hybridized carbons (Fsp3) is 0.125. The van der Waals surface area contributed by atoms with Crippen LogP contribution in [0.15, 0.2) is 54.7 Å². The van der Waals surface area contributed by atoms with Crippen LogP contribution >= 0.6 is 0 Å². The van der Waals surface area contributed by atoms with E-state index < -0.39 is 11.9 Å². The Hall–Kier alpha value is -2.62. The predicted octanol–water partition coefficient (Wildman–Crippen LogP) is 3.21. The standard InChI is InChI=1S/C16H14N2O2/c1-11(16(19)20)13-8-5-9-15-14(13)10-17-18(15)12-6-3-2-4-7-12/h2-11H,1H3,(H,19,20). The fourth-order valence-electron chi connectivity index (χ4n) is 2.36. The summed E-state index contributed by atoms with van der Waals surface area (Å²) in [5.41, 5.74) is 2.67. The van der Waals surface area contributed by atoms with Crippen LogP contribution in [0.5, 0.6) is 0 Å². The van der Waals surface area contributed by atoms with E-state index in [9.17, 15) is 9.90 Å². The van der Waals surface area contributed by atoms with Crippen molar-refractivity contribution in [2.45, 2.75) is 12.8 Å². The zero-order valence-electron chi connectivity index (χ0n) is 11.0. The molecule has 0 radical (unpaired) electrons. The van der Waals surface area contributed by atoms with Gasteiger partial charge in [-0.2, -0.15) is 5.10 Å². The van der Waals surface area contributed by atoms with Crippen LogP contribution in [0, 0.1) is 0 Å². The number of aromatic nitrogens is 2. The molecule has 4 nitrogen and oxygen atoms in total. The smallest absolute Gasteiger partial charge is 0.310 e. The second kappa shape index (κ2) is 4.81. The van der Waals surface area contributed by atoms with Crippen LogP contribution in [-0.2, 0) is 4.79 Å². The average molecular weight is 266 g/mol. The van der Waals surface area contributed by atoms with Gasteiger partial charge in [-0.3, -0.25) is 4.79 Å². The van der Waals surface area contributed by atoms with Gasteiger partial charge in [0.05, 0.1) is 23.3 Å². The van der Waals surface area contributed by atoms with Crippen LogP contribution in [-0.4, -0.2) is 20.9 Å². The zero-order valence-corrected chi connectivity index (χ0v) is 11.0. The van der Waals surface area contributed by atoms with Crippen molar-refractivity contribution in [3.05, 3.63) is 60.3 Å². The Balaban J connectivity index is 2.20. The van der Waals surface area contributed by atoms with Gasteiger partial charge in [0.25, 0.3) is 0 Å². The lowest BCUT2D eigenvalue weighted by molar-refractivity contribution is -0.138. The minimum atomic E-state index is -0.829. The number of carboxylic acid groups (broad SMARTS) is 1. The largest absolute Gasteiger partial charge is 0.481 e. The van der Waals surface area contributed by atoms with Crippen LogP contribution in [0.25, 0.3) is 16.6 Å². The molecule has 1 unspecified atom stereocenters. The molecular weight excluding hydrogens is 252 g/mol. The van der Waals surface area contributed by atoms with E-state index in [1.165, 1.54) is 0 Å². The summed E-state index contributed by atoms with van der Waals surface area (Å²) in [4.78, 5) is 11.2. The maximum absolute atomic E-state index is 11.2. The number of rotatable bonds is 3. The molecule has 0 aliphatic carbocycles. The topological polar surface area (TPSA) is 55.1 Å². The number of nitrogens with zero attached hydrogens (tertiary/aromatic N) is 2. The predicted molar refractivity (Wildman–Crippen MR) is 77.1 cm³/mol. The third-order valence-corrected chi connectivity index (χ3v) is 3.49. The summed E-state index contributed by atoms with van der Waals surface area (Å²) in [5, 5.41) is 14.5. The average Bonchev–Trinajstić information content (AvgIpc) is 2.91. The molecule has 1 heterocycles. The molecule has 2 aromatic carbocycles. The Morgan fingerprint density at radius 1 is 1.15 bits per heavy atom. The molecule has 1 aromatic heterocycles. The first-order valence-corrected chi connectivity index (χ1v) is 6.43. The number of benzene rings is 2. The molecule has 0 spiro atoms. The van der Waals surface area contributed by atoms with Gasteiger partial charge in [-0.25, -0.2) is 4.68 Å². The summed E-state index contributed by atoms with van der Waals surface area (Å²) in [5.74, 6) is -1.38. The van der Waals surface area contributed by atoms with Gasteiger partial charge < -0.3 is 5.11 Å². The fourth-order valence-corrected chi connectivity index (χ4v) is 2.36. The Bertz CT molecular complexity index is 763. The van der Waals surface area contributed by atoms with E-state index >= 15 is 0 Å². The van der Waals surface area contributed by atoms with E-state index in [1.54, 1.807) is 13.1 Å². The molecule has 0 aliphatic heterocycles. The third kappa shape index (κ3) is 1.95. The SMILES string of the molecule is CC(C(=O)O)c1cccc2c1cnn2-c1ccccc1. The minimum absolute atomic E-state index is 0.549. The number of hydrogen-bond acceptors (Lipinski definition) is 2. The van der Waals surface area contributed by atoms with Gasteiger partial charge in [-0.05, 0) is 30.7 Å². The molecule has 0 saturated carbocycles. The summed E-state index contributed by atoms with van der Waals surface area (Å²) in [7, 11) is 0. The molecule has 3 aromatic rings. The summed E-state index contributed by atoms with van der Waals surface area (Å²) >= 11 is 0. The number of hydrogen-bond donors (Lipinski definition) is 1. The summed E-state index contributed by atoms with van der Waals surface area (Å²) in [6, 6.07) is 15.5. The van der Waals surface area contributed by atoms with Gasteiger partial charge >= 0.3 is 5.97 Å². The highest BCUT2D eigenvalue weighted by Crippen LogP contribution is 2.27. The highest BCUT2D eigenvalue weighted by molar-refractivity contribution is 5.89. The molecule has 4 heteroatoms. The third-order valence-electron chi connectivity index (χ3n) is 3.49. The molecule has 0 bridgehead atoms. The number of carboxylic acids is 1. The molecule has 0 amide bonds. The van der Waals surface area contributed by atoms with E-state index in [4.69, 9.17) is 0 Å². The lowest BCUT2D eigenvalue weighted by Gasteiger charge is -2.08. The van der Waals surface area contributed by atoms with Crippen molar-refractivity contribution in [1.82, 2.24) is 9.78 Å². The minimum Gasteiger partial charge on any atom is -0.481 e. The molecular formula is C16H14N2O2. The van der Waals surface area contributed by atoms with Gasteiger partial charge in [0.1, 0.15) is 0 Å². The van der Waals surface area contributed by atoms with Gasteiger partial charge in [0.2, 0.25) is 0 Å². The van der Waals surface area contributed by atoms with Crippen molar-refractivity contribution in [2.24, 2.45) is 0 Å². The van der Waals surface area contributed by atoms with E-state index in [1.807, 2.05) is 53.2 Å². The Kier molecular flexibility index (Phi) is 2.99. The summed E-state index contributed by atoms with van der Waals surface area (Å²) in [6.07, 6.45) is 1.73. The second-order valence-corrected chi connectivity index (χ2v) is 4.73. The highest BCUT2D eigenvalue weighted by atomic mass is 16.4. The van der Waals surface area contributed by atoms with Crippen LogP contribution in [0.3, 0.4) is 0 Å². The van der Waals surface area contributed by atoms with E-state index in [2.05, 4.69) is 5.10 Å². The van der Waals surface area contributed by atoms with Crippen LogP contribution in [0.1, 0.15) is 18.4 Å². The summed E-state index contributed by atoms with van der Waals surface area (Å²) in [6.45, 7) is 1.69. The monoisotopic (exact) mass is 266 g/mol. The first kappa shape index (κ1) is 12.4. The second-order valence-electron chi connectivity index (χ2n) is 4.73. The maximum Gasteiger partial charge on any atom is 0.310 e. The van der Waals surface area contributed by atoms with Crippen molar-refractivity contribution >= 4 is 16.9 Å². The summed E-state index contributed by atoms with van der Waals surface area (Å²) < 4.78 is 1.83. The van der Waals surface area contributed by atoms with Gasteiger partial charge in [-0.15, -0.1) is 0 Å². The van der Waals surface area contributed by atoms with E-state index in [0.717, 1.165) is 22.2 Å². The Morgan fingerprint density at radius 3 is 2.60 bits per heavy atom. The van der Waals surface area contributed by atoms with Crippen LogP contribution in [0.2, 0.25) is 0 Å². The number of fused-ring (bicyclic) bond motifs is 1. The molecule has 0 fully saturated rings. The van der Waals surface area contributed by atoms with Crippen molar-refractivity contribution in [1.29, 1.82) is 0 Å². The normalized spacial score (nSPS) is 12.4. The first-order chi connectivity index (χ1) is 9.68. The number of para-hydroxylation sites is 1. The molecule has 1 atom stereocenters. The lowest BCUT2D eigenvalue weighted by atomic mass is 9.98. The van der Waals surface area contributed by atoms with Crippen molar-refractivity contribution in [3.8, 4) is 5.69 Å². The highest BCUT2D eigenvalue weighted by Gasteiger charge is 2.18. The molecule has 20 heavy (non-hydrogen) atoms. The lowest BCUT2D eigenvalue weighted by Crippen LogP contribution is -2.07. The molecule has 1 N–H and O–H groups in total. The molecule has 0 aliphatic rings. The van der Waals surface area contributed by atoms with Gasteiger partial charge in [0, 0.05) is 5.39 Å². The van der Waals surface area contributed by atoms with Crippen LogP contribution < -0.4 is 0 Å². The zero-order chi connectivity index (χ0) is 14.1. The van der Waals surface area contributed by atoms with E-state index in [-0.39, 0.29) is 0 Å². The molecule has 100 valence electrons. The Morgan fingerprint density at radius 2 is 1.90 bits per heavy atom. The van der Waals surface area contributed by atoms with E-state index in [0.29, 0.717) is 0 Å². The van der Waals surface area contributed by atoms with Crippen molar-refractivity contribution in [3.63, 3.8) is 0 Å². The van der Waals surface area contributed by atoms with Crippen LogP contribution in [0.4, 0.5) is 0 Å². The first-order valence-electron chi connectivity index (χ1n) is 6.43. The van der Waals surface area contributed by atoms with Gasteiger partial charge in [-0.1, -0.05) is 30.3 Å². The molecule has 3 rings (SSSR count). The quantitative estimate of drug-likeness (QED) is 0.792. The van der Waals surface area contributed by atoms with Crippen molar-refractivity contribution < 1.29 is 9.90 Å². The maximum atomic E-state index is 11.2.